The number of aryl methyl sites for hydroxylation is 1. The van der Waals surface area contributed by atoms with Crippen LogP contribution in [0.4, 0.5) is 5.69 Å². The number of hydrogen-bond acceptors (Lipinski definition) is 5. The van der Waals surface area contributed by atoms with Gasteiger partial charge in [0.2, 0.25) is 10.0 Å². The molecule has 2 aromatic rings. The lowest BCUT2D eigenvalue weighted by Crippen LogP contribution is -2.48. The fourth-order valence-corrected chi connectivity index (χ4v) is 4.85. The number of anilines is 1. The first-order chi connectivity index (χ1) is 12.5. The summed E-state index contributed by atoms with van der Waals surface area (Å²) in [7, 11) is -0.466. The molecule has 1 fully saturated rings. The van der Waals surface area contributed by atoms with Gasteiger partial charge in [0, 0.05) is 26.2 Å². The Kier molecular flexibility index (Phi) is 5.38. The van der Waals surface area contributed by atoms with Crippen LogP contribution in [0.1, 0.15) is 5.56 Å². The number of para-hydroxylation sites is 2. The largest absolute Gasteiger partial charge is 0.495 e. The van der Waals surface area contributed by atoms with E-state index in [1.807, 2.05) is 37.3 Å². The Labute approximate surface area is 155 Å². The maximum absolute atomic E-state index is 13.1. The number of benzene rings is 2. The molecule has 1 aliphatic rings. The van der Waals surface area contributed by atoms with E-state index in [0.29, 0.717) is 31.9 Å². The van der Waals surface area contributed by atoms with Gasteiger partial charge in [-0.3, -0.25) is 0 Å². The number of methoxy groups -OCH3 is 2. The van der Waals surface area contributed by atoms with E-state index < -0.39 is 10.0 Å². The summed E-state index contributed by atoms with van der Waals surface area (Å²) in [6.45, 7) is 3.91. The fourth-order valence-electron chi connectivity index (χ4n) is 3.18. The molecule has 0 amide bonds. The summed E-state index contributed by atoms with van der Waals surface area (Å²) in [4.78, 5) is 2.38. The van der Waals surface area contributed by atoms with Crippen LogP contribution < -0.4 is 14.4 Å². The van der Waals surface area contributed by atoms with Crippen molar-refractivity contribution in [1.29, 1.82) is 0 Å². The van der Waals surface area contributed by atoms with Gasteiger partial charge in [0.25, 0.3) is 0 Å². The average Bonchev–Trinajstić information content (AvgIpc) is 2.68. The highest BCUT2D eigenvalue weighted by atomic mass is 32.2. The second-order valence-corrected chi connectivity index (χ2v) is 8.12. The summed E-state index contributed by atoms with van der Waals surface area (Å²) in [5, 5.41) is 0. The normalized spacial score (nSPS) is 15.7. The van der Waals surface area contributed by atoms with Gasteiger partial charge in [-0.2, -0.15) is 4.31 Å². The van der Waals surface area contributed by atoms with Crippen LogP contribution in [0.15, 0.2) is 47.4 Å². The van der Waals surface area contributed by atoms with E-state index in [4.69, 9.17) is 9.47 Å². The van der Waals surface area contributed by atoms with E-state index in [-0.39, 0.29) is 4.90 Å². The lowest BCUT2D eigenvalue weighted by Gasteiger charge is -2.36. The number of rotatable bonds is 5. The molecule has 0 N–H and O–H groups in total. The van der Waals surface area contributed by atoms with Gasteiger partial charge in [-0.15, -0.1) is 0 Å². The number of hydrogen-bond donors (Lipinski definition) is 0. The van der Waals surface area contributed by atoms with Gasteiger partial charge in [-0.25, -0.2) is 8.42 Å². The molecule has 3 rings (SSSR count). The Bertz CT molecular complexity index is 875. The Morgan fingerprint density at radius 1 is 0.885 bits per heavy atom. The molecule has 6 nitrogen and oxygen atoms in total. The van der Waals surface area contributed by atoms with Gasteiger partial charge in [0.05, 0.1) is 19.9 Å². The third kappa shape index (κ3) is 3.50. The summed E-state index contributed by atoms with van der Waals surface area (Å²) < 4.78 is 38.4. The van der Waals surface area contributed by atoms with Crippen LogP contribution in [-0.2, 0) is 10.0 Å². The van der Waals surface area contributed by atoms with Gasteiger partial charge in [-0.1, -0.05) is 18.2 Å². The van der Waals surface area contributed by atoms with Crippen LogP contribution in [0, 0.1) is 6.92 Å². The summed E-state index contributed by atoms with van der Waals surface area (Å²) >= 11 is 0. The molecule has 0 unspecified atom stereocenters. The maximum Gasteiger partial charge on any atom is 0.246 e. The monoisotopic (exact) mass is 376 g/mol. The minimum Gasteiger partial charge on any atom is -0.495 e. The van der Waals surface area contributed by atoms with Crippen molar-refractivity contribution in [2.45, 2.75) is 11.8 Å². The zero-order valence-corrected chi connectivity index (χ0v) is 16.1. The predicted molar refractivity (Wildman–Crippen MR) is 102 cm³/mol. The van der Waals surface area contributed by atoms with Crippen LogP contribution in [0.25, 0.3) is 0 Å². The Hall–Kier alpha value is -2.25. The number of piperazine rings is 1. The molecular weight excluding hydrogens is 352 g/mol. The molecule has 0 radical (unpaired) electrons. The fraction of sp³-hybridized carbons (Fsp3) is 0.368. The Morgan fingerprint density at radius 2 is 1.54 bits per heavy atom. The van der Waals surface area contributed by atoms with E-state index in [2.05, 4.69) is 4.90 Å². The van der Waals surface area contributed by atoms with E-state index in [1.165, 1.54) is 11.4 Å². The van der Waals surface area contributed by atoms with Crippen molar-refractivity contribution >= 4 is 15.7 Å². The van der Waals surface area contributed by atoms with Crippen molar-refractivity contribution in [2.24, 2.45) is 0 Å². The van der Waals surface area contributed by atoms with Gasteiger partial charge < -0.3 is 14.4 Å². The molecule has 0 aliphatic carbocycles. The molecule has 1 aliphatic heterocycles. The van der Waals surface area contributed by atoms with Crippen molar-refractivity contribution < 1.29 is 17.9 Å². The lowest BCUT2D eigenvalue weighted by atomic mass is 10.2. The summed E-state index contributed by atoms with van der Waals surface area (Å²) in [5.74, 6) is 1.17. The SMILES string of the molecule is COc1ccccc1N1CCN(S(=O)(=O)c2cc(C)ccc2OC)CC1. The molecule has 0 spiro atoms. The summed E-state index contributed by atoms with van der Waals surface area (Å²) in [6.07, 6.45) is 0. The first-order valence-corrected chi connectivity index (χ1v) is 9.94. The molecule has 0 saturated carbocycles. The molecule has 140 valence electrons. The minimum atomic E-state index is -3.60. The zero-order valence-electron chi connectivity index (χ0n) is 15.3. The lowest BCUT2D eigenvalue weighted by molar-refractivity contribution is 0.370. The highest BCUT2D eigenvalue weighted by Gasteiger charge is 2.31. The number of nitrogens with zero attached hydrogens (tertiary/aromatic N) is 2. The second kappa shape index (κ2) is 7.55. The second-order valence-electron chi connectivity index (χ2n) is 6.22. The standard InChI is InChI=1S/C19H24N2O4S/c1-15-8-9-18(25-3)19(14-15)26(22,23)21-12-10-20(11-13-21)16-6-4-5-7-17(16)24-2/h4-9,14H,10-13H2,1-3H3. The van der Waals surface area contributed by atoms with Gasteiger partial charge >= 0.3 is 0 Å². The average molecular weight is 376 g/mol. The smallest absolute Gasteiger partial charge is 0.246 e. The highest BCUT2D eigenvalue weighted by molar-refractivity contribution is 7.89. The van der Waals surface area contributed by atoms with Crippen LogP contribution in [-0.4, -0.2) is 53.1 Å². The maximum atomic E-state index is 13.1. The van der Waals surface area contributed by atoms with Gasteiger partial charge in [0.15, 0.2) is 0 Å². The van der Waals surface area contributed by atoms with E-state index >= 15 is 0 Å². The van der Waals surface area contributed by atoms with Crippen molar-refractivity contribution in [3.05, 3.63) is 48.0 Å². The van der Waals surface area contributed by atoms with Gasteiger partial charge in [-0.05, 0) is 36.8 Å². The van der Waals surface area contributed by atoms with Gasteiger partial charge in [0.1, 0.15) is 16.4 Å². The Balaban J connectivity index is 1.80. The number of ether oxygens (including phenoxy) is 2. The first-order valence-electron chi connectivity index (χ1n) is 8.50. The summed E-state index contributed by atoms with van der Waals surface area (Å²) in [6, 6.07) is 13.0. The van der Waals surface area contributed by atoms with Crippen molar-refractivity contribution in [3.63, 3.8) is 0 Å². The molecule has 1 saturated heterocycles. The predicted octanol–water partition coefficient (Wildman–Crippen LogP) is 2.52. The highest BCUT2D eigenvalue weighted by Crippen LogP contribution is 2.31. The molecular formula is C19H24N2O4S. The number of sulfonamides is 1. The molecule has 1 heterocycles. The third-order valence-corrected chi connectivity index (χ3v) is 6.52. The van der Waals surface area contributed by atoms with Crippen LogP contribution in [0.2, 0.25) is 0 Å². The topological polar surface area (TPSA) is 59.1 Å². The molecule has 7 heteroatoms. The molecule has 2 aromatic carbocycles. The summed E-state index contributed by atoms with van der Waals surface area (Å²) in [5.41, 5.74) is 1.87. The first kappa shape index (κ1) is 18.5. The van der Waals surface area contributed by atoms with Crippen molar-refractivity contribution in [1.82, 2.24) is 4.31 Å². The quantitative estimate of drug-likeness (QED) is 0.803. The third-order valence-electron chi connectivity index (χ3n) is 4.60. The van der Waals surface area contributed by atoms with E-state index in [1.54, 1.807) is 19.2 Å². The molecule has 0 aromatic heterocycles. The minimum absolute atomic E-state index is 0.228. The van der Waals surface area contributed by atoms with Crippen LogP contribution in [0.3, 0.4) is 0 Å². The zero-order chi connectivity index (χ0) is 18.7. The van der Waals surface area contributed by atoms with Crippen molar-refractivity contribution in [2.75, 3.05) is 45.3 Å². The van der Waals surface area contributed by atoms with E-state index in [0.717, 1.165) is 17.0 Å². The van der Waals surface area contributed by atoms with Crippen molar-refractivity contribution in [3.8, 4) is 11.5 Å². The molecule has 26 heavy (non-hydrogen) atoms. The van der Waals surface area contributed by atoms with Crippen LogP contribution in [0.5, 0.6) is 11.5 Å². The molecule has 0 atom stereocenters. The van der Waals surface area contributed by atoms with E-state index in [9.17, 15) is 8.42 Å². The Morgan fingerprint density at radius 3 is 2.19 bits per heavy atom. The van der Waals surface area contributed by atoms with Crippen LogP contribution >= 0.6 is 0 Å². The molecule has 0 bridgehead atoms.